The number of hydrogen-bond donors (Lipinski definition) is 0. The van der Waals surface area contributed by atoms with Crippen LogP contribution >= 0.6 is 0 Å². The van der Waals surface area contributed by atoms with Gasteiger partial charge in [-0.1, -0.05) is 24.3 Å². The van der Waals surface area contributed by atoms with E-state index in [0.29, 0.717) is 5.56 Å². The zero-order valence-electron chi connectivity index (χ0n) is 15.1. The van der Waals surface area contributed by atoms with E-state index in [1.165, 1.54) is 12.1 Å². The monoisotopic (exact) mass is 356 g/mol. The first kappa shape index (κ1) is 18.3. The highest BCUT2D eigenvalue weighted by molar-refractivity contribution is 5.93. The van der Waals surface area contributed by atoms with Gasteiger partial charge in [0.05, 0.1) is 11.8 Å². The lowest BCUT2D eigenvalue weighted by Gasteiger charge is -2.20. The van der Waals surface area contributed by atoms with Gasteiger partial charge in [0, 0.05) is 45.5 Å². The van der Waals surface area contributed by atoms with Crippen molar-refractivity contribution in [3.8, 4) is 0 Å². The van der Waals surface area contributed by atoms with Crippen LogP contribution in [0.2, 0.25) is 0 Å². The molecule has 1 amide bonds. The van der Waals surface area contributed by atoms with Gasteiger partial charge in [0.2, 0.25) is 0 Å². The topological polar surface area (TPSA) is 41.4 Å². The second-order valence-corrected chi connectivity index (χ2v) is 6.48. The van der Waals surface area contributed by atoms with E-state index in [-0.39, 0.29) is 11.7 Å². The summed E-state index contributed by atoms with van der Waals surface area (Å²) >= 11 is 0. The Morgan fingerprint density at radius 1 is 1.19 bits per heavy atom. The fraction of sp³-hybridized carbons (Fsp3) is 0.400. The summed E-state index contributed by atoms with van der Waals surface area (Å²) in [4.78, 5) is 16.9. The number of rotatable bonds is 5. The molecule has 0 saturated carbocycles. The molecule has 0 unspecified atom stereocenters. The maximum Gasteiger partial charge on any atom is 0.257 e. The Labute approximate surface area is 153 Å². The SMILES string of the molecule is CCn1cc(C(=O)N2CCCN(C/C=C/c3ccc(F)cc3)CC2)cn1. The summed E-state index contributed by atoms with van der Waals surface area (Å²) in [6, 6.07) is 6.47. The average molecular weight is 356 g/mol. The molecule has 0 atom stereocenters. The number of carbonyl (C=O) groups excluding carboxylic acids is 1. The van der Waals surface area contributed by atoms with Gasteiger partial charge in [0.1, 0.15) is 5.82 Å². The van der Waals surface area contributed by atoms with Gasteiger partial charge in [-0.15, -0.1) is 0 Å². The maximum absolute atomic E-state index is 12.9. The first-order chi connectivity index (χ1) is 12.7. The Balaban J connectivity index is 1.51. The first-order valence-corrected chi connectivity index (χ1v) is 9.12. The van der Waals surface area contributed by atoms with E-state index in [9.17, 15) is 9.18 Å². The molecule has 5 nitrogen and oxygen atoms in total. The lowest BCUT2D eigenvalue weighted by Crippen LogP contribution is -2.35. The predicted molar refractivity (Wildman–Crippen MR) is 100 cm³/mol. The van der Waals surface area contributed by atoms with Crippen LogP contribution in [-0.4, -0.2) is 58.2 Å². The van der Waals surface area contributed by atoms with Crippen molar-refractivity contribution in [1.29, 1.82) is 0 Å². The predicted octanol–water partition coefficient (Wildman–Crippen LogP) is 2.90. The number of amides is 1. The zero-order valence-corrected chi connectivity index (χ0v) is 15.1. The normalized spacial score (nSPS) is 16.2. The summed E-state index contributed by atoms with van der Waals surface area (Å²) in [5.41, 5.74) is 1.66. The van der Waals surface area contributed by atoms with E-state index in [4.69, 9.17) is 0 Å². The molecule has 1 aromatic heterocycles. The number of hydrogen-bond acceptors (Lipinski definition) is 3. The van der Waals surface area contributed by atoms with Crippen molar-refractivity contribution in [2.75, 3.05) is 32.7 Å². The highest BCUT2D eigenvalue weighted by Crippen LogP contribution is 2.10. The Morgan fingerprint density at radius 3 is 2.73 bits per heavy atom. The molecule has 138 valence electrons. The summed E-state index contributed by atoms with van der Waals surface area (Å²) in [6.07, 6.45) is 8.52. The molecular formula is C20H25FN4O. The van der Waals surface area contributed by atoms with Crippen LogP contribution < -0.4 is 0 Å². The van der Waals surface area contributed by atoms with Gasteiger partial charge < -0.3 is 4.90 Å². The third kappa shape index (κ3) is 4.79. The van der Waals surface area contributed by atoms with Crippen LogP contribution in [0, 0.1) is 5.82 Å². The highest BCUT2D eigenvalue weighted by Gasteiger charge is 2.20. The van der Waals surface area contributed by atoms with E-state index in [1.807, 2.05) is 24.1 Å². The molecule has 1 saturated heterocycles. The smallest absolute Gasteiger partial charge is 0.257 e. The Morgan fingerprint density at radius 2 is 2.00 bits per heavy atom. The summed E-state index contributed by atoms with van der Waals surface area (Å²) in [6.45, 7) is 6.90. The second-order valence-electron chi connectivity index (χ2n) is 6.48. The molecule has 26 heavy (non-hydrogen) atoms. The van der Waals surface area contributed by atoms with Crippen LogP contribution in [0.5, 0.6) is 0 Å². The summed E-state index contributed by atoms with van der Waals surface area (Å²) in [5, 5.41) is 4.19. The Kier molecular flexibility index (Phi) is 6.17. The van der Waals surface area contributed by atoms with Gasteiger partial charge >= 0.3 is 0 Å². The molecular weight excluding hydrogens is 331 g/mol. The van der Waals surface area contributed by atoms with Gasteiger partial charge in [-0.2, -0.15) is 5.10 Å². The highest BCUT2D eigenvalue weighted by atomic mass is 19.1. The molecule has 0 radical (unpaired) electrons. The van der Waals surface area contributed by atoms with E-state index in [2.05, 4.69) is 16.1 Å². The van der Waals surface area contributed by atoms with Crippen LogP contribution in [0.4, 0.5) is 4.39 Å². The van der Waals surface area contributed by atoms with E-state index in [1.54, 1.807) is 23.0 Å². The molecule has 0 N–H and O–H groups in total. The number of benzene rings is 1. The van der Waals surface area contributed by atoms with Crippen LogP contribution in [-0.2, 0) is 6.54 Å². The van der Waals surface area contributed by atoms with Gasteiger partial charge in [-0.25, -0.2) is 4.39 Å². The minimum absolute atomic E-state index is 0.0633. The number of aromatic nitrogens is 2. The zero-order chi connectivity index (χ0) is 18.4. The summed E-state index contributed by atoms with van der Waals surface area (Å²) in [5.74, 6) is -0.155. The standard InChI is InChI=1S/C20H25FN4O/c1-2-25-16-18(15-22-25)20(26)24-12-4-11-23(13-14-24)10-3-5-17-6-8-19(21)9-7-17/h3,5-9,15-16H,2,4,10-14H2,1H3/b5-3+. The van der Waals surface area contributed by atoms with Crippen molar-refractivity contribution in [1.82, 2.24) is 19.6 Å². The van der Waals surface area contributed by atoms with Crippen molar-refractivity contribution >= 4 is 12.0 Å². The van der Waals surface area contributed by atoms with Crippen molar-refractivity contribution in [2.24, 2.45) is 0 Å². The van der Waals surface area contributed by atoms with Crippen LogP contribution in [0.15, 0.2) is 42.7 Å². The van der Waals surface area contributed by atoms with E-state index in [0.717, 1.165) is 51.3 Å². The van der Waals surface area contributed by atoms with Crippen LogP contribution in [0.25, 0.3) is 6.08 Å². The number of carbonyl (C=O) groups is 1. The summed E-state index contributed by atoms with van der Waals surface area (Å²) in [7, 11) is 0. The molecule has 2 heterocycles. The van der Waals surface area contributed by atoms with Crippen molar-refractivity contribution in [3.63, 3.8) is 0 Å². The molecule has 1 aromatic carbocycles. The molecule has 0 spiro atoms. The number of aryl methyl sites for hydroxylation is 1. The third-order valence-corrected chi connectivity index (χ3v) is 4.62. The van der Waals surface area contributed by atoms with Crippen LogP contribution in [0.3, 0.4) is 0 Å². The molecule has 2 aromatic rings. The van der Waals surface area contributed by atoms with Gasteiger partial charge in [-0.3, -0.25) is 14.4 Å². The molecule has 1 fully saturated rings. The lowest BCUT2D eigenvalue weighted by atomic mass is 10.2. The summed E-state index contributed by atoms with van der Waals surface area (Å²) < 4.78 is 14.7. The molecule has 6 heteroatoms. The largest absolute Gasteiger partial charge is 0.337 e. The Bertz CT molecular complexity index is 753. The van der Waals surface area contributed by atoms with Crippen molar-refractivity contribution in [3.05, 3.63) is 59.7 Å². The molecule has 0 aliphatic carbocycles. The van der Waals surface area contributed by atoms with Crippen LogP contribution in [0.1, 0.15) is 29.3 Å². The van der Waals surface area contributed by atoms with Crippen molar-refractivity contribution < 1.29 is 9.18 Å². The molecule has 0 bridgehead atoms. The van der Waals surface area contributed by atoms with Gasteiger partial charge in [-0.05, 0) is 31.0 Å². The minimum atomic E-state index is -0.219. The lowest BCUT2D eigenvalue weighted by molar-refractivity contribution is 0.0762. The van der Waals surface area contributed by atoms with E-state index >= 15 is 0 Å². The molecule has 1 aliphatic heterocycles. The molecule has 3 rings (SSSR count). The quantitative estimate of drug-likeness (QED) is 0.827. The van der Waals surface area contributed by atoms with Crippen molar-refractivity contribution in [2.45, 2.75) is 19.9 Å². The minimum Gasteiger partial charge on any atom is -0.337 e. The second kappa shape index (κ2) is 8.76. The average Bonchev–Trinajstić information content (AvgIpc) is 3.02. The maximum atomic E-state index is 12.9. The van der Waals surface area contributed by atoms with Gasteiger partial charge in [0.15, 0.2) is 0 Å². The van der Waals surface area contributed by atoms with Gasteiger partial charge in [0.25, 0.3) is 5.91 Å². The van der Waals surface area contributed by atoms with E-state index < -0.39 is 0 Å². The molecule has 1 aliphatic rings. The third-order valence-electron chi connectivity index (χ3n) is 4.62. The fourth-order valence-electron chi connectivity index (χ4n) is 3.10. The number of halogens is 1. The number of nitrogens with zero attached hydrogens (tertiary/aromatic N) is 4. The Hall–Kier alpha value is -2.47. The fourth-order valence-corrected chi connectivity index (χ4v) is 3.10. The first-order valence-electron chi connectivity index (χ1n) is 9.12.